The van der Waals surface area contributed by atoms with Crippen LogP contribution in [0.25, 0.3) is 11.2 Å². The van der Waals surface area contributed by atoms with Gasteiger partial charge in [-0.25, -0.2) is 9.36 Å². The first-order chi connectivity index (χ1) is 11.3. The number of hydrogen-bond acceptors (Lipinski definition) is 7. The number of hydrogen-bond donors (Lipinski definition) is 4. The number of aromatic nitrogens is 4. The van der Waals surface area contributed by atoms with Crippen molar-refractivity contribution in [1.29, 1.82) is 0 Å². The molecule has 1 amide bonds. The fraction of sp³-hybridized carbons (Fsp3) is 0.385. The van der Waals surface area contributed by atoms with Gasteiger partial charge in [-0.3, -0.25) is 19.1 Å². The number of imidazole rings is 1. The number of aliphatic hydroxyl groups excluding tert-OH is 1. The molecule has 3 atom stereocenters. The standard InChI is InChI=1S/C13H14N6O5/c1-2-3-18-7-9(16-12(15)17-10(7)22)19(13(18)23)11-5(20)4-6(24-11)8(14)21/h1,5-6,11,20H,3-4H2,(H2,14,21)(H3,15,16,17,22). The Morgan fingerprint density at radius 3 is 2.83 bits per heavy atom. The molecule has 126 valence electrons. The third kappa shape index (κ3) is 2.25. The van der Waals surface area contributed by atoms with Crippen molar-refractivity contribution >= 4 is 23.0 Å². The lowest BCUT2D eigenvalue weighted by molar-refractivity contribution is -0.131. The number of H-pyrrole nitrogens is 1. The number of primary amides is 1. The van der Waals surface area contributed by atoms with E-state index in [-0.39, 0.29) is 30.1 Å². The maximum absolute atomic E-state index is 12.6. The molecular formula is C13H14N6O5. The number of nitrogen functional groups attached to an aromatic ring is 1. The highest BCUT2D eigenvalue weighted by molar-refractivity contribution is 5.79. The molecule has 6 N–H and O–H groups in total. The first-order valence-corrected chi connectivity index (χ1v) is 6.92. The predicted octanol–water partition coefficient (Wildman–Crippen LogP) is -2.76. The number of carbonyl (C=O) groups is 1. The van der Waals surface area contributed by atoms with Gasteiger partial charge < -0.3 is 21.3 Å². The van der Waals surface area contributed by atoms with Crippen LogP contribution in [0.5, 0.6) is 0 Å². The van der Waals surface area contributed by atoms with Crippen molar-refractivity contribution in [3.8, 4) is 12.3 Å². The van der Waals surface area contributed by atoms with Gasteiger partial charge in [0.05, 0.1) is 6.54 Å². The minimum absolute atomic E-state index is 0.0904. The molecule has 3 unspecified atom stereocenters. The third-order valence-electron chi connectivity index (χ3n) is 3.74. The zero-order chi connectivity index (χ0) is 17.6. The normalized spacial score (nSPS) is 23.4. The van der Waals surface area contributed by atoms with Crippen molar-refractivity contribution < 1.29 is 14.6 Å². The molecule has 0 radical (unpaired) electrons. The highest BCUT2D eigenvalue weighted by Gasteiger charge is 2.40. The fourth-order valence-electron chi connectivity index (χ4n) is 2.73. The first-order valence-electron chi connectivity index (χ1n) is 6.92. The number of amides is 1. The number of nitrogens with one attached hydrogen (secondary N) is 1. The lowest BCUT2D eigenvalue weighted by atomic mass is 10.2. The van der Waals surface area contributed by atoms with E-state index < -0.39 is 35.6 Å². The molecule has 1 aliphatic heterocycles. The topological polar surface area (TPSA) is 171 Å². The summed E-state index contributed by atoms with van der Waals surface area (Å²) in [5.74, 6) is 1.26. The van der Waals surface area contributed by atoms with Gasteiger partial charge in [0.2, 0.25) is 11.9 Å². The number of terminal acetylenes is 1. The van der Waals surface area contributed by atoms with Crippen LogP contribution in [0.15, 0.2) is 9.59 Å². The van der Waals surface area contributed by atoms with E-state index in [4.69, 9.17) is 22.6 Å². The summed E-state index contributed by atoms with van der Waals surface area (Å²) in [7, 11) is 0. The fourth-order valence-corrected chi connectivity index (χ4v) is 2.73. The number of fused-ring (bicyclic) bond motifs is 1. The van der Waals surface area contributed by atoms with Gasteiger partial charge in [0.1, 0.15) is 12.2 Å². The summed E-state index contributed by atoms with van der Waals surface area (Å²) >= 11 is 0. The summed E-state index contributed by atoms with van der Waals surface area (Å²) in [6.07, 6.45) is 1.63. The van der Waals surface area contributed by atoms with E-state index in [0.29, 0.717) is 0 Å². The molecule has 0 saturated carbocycles. The van der Waals surface area contributed by atoms with E-state index in [1.807, 2.05) is 0 Å². The van der Waals surface area contributed by atoms with E-state index in [2.05, 4.69) is 15.9 Å². The van der Waals surface area contributed by atoms with Crippen LogP contribution in [0.2, 0.25) is 0 Å². The number of anilines is 1. The maximum Gasteiger partial charge on any atom is 0.333 e. The van der Waals surface area contributed by atoms with Crippen molar-refractivity contribution in [3.05, 3.63) is 20.8 Å². The van der Waals surface area contributed by atoms with Crippen LogP contribution in [0.4, 0.5) is 5.95 Å². The third-order valence-corrected chi connectivity index (χ3v) is 3.74. The van der Waals surface area contributed by atoms with E-state index >= 15 is 0 Å². The lowest BCUT2D eigenvalue weighted by Gasteiger charge is -2.15. The van der Waals surface area contributed by atoms with E-state index in [1.54, 1.807) is 0 Å². The first kappa shape index (κ1) is 15.8. The number of ether oxygens (including phenoxy) is 1. The van der Waals surface area contributed by atoms with Crippen LogP contribution in [0.3, 0.4) is 0 Å². The van der Waals surface area contributed by atoms with Gasteiger partial charge in [0.25, 0.3) is 5.56 Å². The van der Waals surface area contributed by atoms with Crippen LogP contribution < -0.4 is 22.7 Å². The zero-order valence-corrected chi connectivity index (χ0v) is 12.3. The molecule has 3 heterocycles. The quantitative estimate of drug-likeness (QED) is 0.440. The molecule has 2 aromatic heterocycles. The van der Waals surface area contributed by atoms with Gasteiger partial charge in [-0.2, -0.15) is 4.98 Å². The van der Waals surface area contributed by atoms with Crippen molar-refractivity contribution in [2.45, 2.75) is 31.4 Å². The largest absolute Gasteiger partial charge is 0.388 e. The van der Waals surface area contributed by atoms with Gasteiger partial charge >= 0.3 is 5.69 Å². The van der Waals surface area contributed by atoms with Gasteiger partial charge in [-0.1, -0.05) is 5.92 Å². The number of aromatic amines is 1. The summed E-state index contributed by atoms with van der Waals surface area (Å²) < 4.78 is 7.32. The predicted molar refractivity (Wildman–Crippen MR) is 81.6 cm³/mol. The Hall–Kier alpha value is -3.10. The van der Waals surface area contributed by atoms with Crippen LogP contribution in [-0.2, 0) is 16.1 Å². The molecule has 1 fully saturated rings. The number of nitrogens with two attached hydrogens (primary N) is 2. The van der Waals surface area contributed by atoms with Gasteiger partial charge in [-0.05, 0) is 0 Å². The molecular weight excluding hydrogens is 320 g/mol. The molecule has 1 aliphatic rings. The SMILES string of the molecule is C#CCn1c(=O)n(C2OC(C(N)=O)CC2O)c2nc(N)[nH]c(=O)c21. The molecule has 0 aromatic carbocycles. The molecule has 0 aliphatic carbocycles. The highest BCUT2D eigenvalue weighted by atomic mass is 16.5. The van der Waals surface area contributed by atoms with Gasteiger partial charge in [-0.15, -0.1) is 6.42 Å². The Balaban J connectivity index is 2.27. The van der Waals surface area contributed by atoms with Crippen LogP contribution in [0, 0.1) is 12.3 Å². The molecule has 24 heavy (non-hydrogen) atoms. The maximum atomic E-state index is 12.6. The molecule has 3 rings (SSSR count). The average molecular weight is 334 g/mol. The monoisotopic (exact) mass is 334 g/mol. The second-order valence-corrected chi connectivity index (χ2v) is 5.29. The van der Waals surface area contributed by atoms with Gasteiger partial charge in [0, 0.05) is 6.42 Å². The second kappa shape index (κ2) is 5.52. The molecule has 11 heteroatoms. The zero-order valence-electron chi connectivity index (χ0n) is 12.3. The van der Waals surface area contributed by atoms with Gasteiger partial charge in [0.15, 0.2) is 17.4 Å². The summed E-state index contributed by atoms with van der Waals surface area (Å²) in [5, 5.41) is 10.1. The summed E-state index contributed by atoms with van der Waals surface area (Å²) in [6.45, 7) is -0.195. The van der Waals surface area contributed by atoms with Crippen molar-refractivity contribution in [2.75, 3.05) is 5.73 Å². The second-order valence-electron chi connectivity index (χ2n) is 5.29. The van der Waals surface area contributed by atoms with Crippen LogP contribution >= 0.6 is 0 Å². The van der Waals surface area contributed by atoms with E-state index in [1.165, 1.54) is 0 Å². The summed E-state index contributed by atoms with van der Waals surface area (Å²) in [5.41, 5.74) is 9.10. The number of nitrogens with zero attached hydrogens (tertiary/aromatic N) is 3. The Kier molecular flexibility index (Phi) is 3.63. The average Bonchev–Trinajstić information content (AvgIpc) is 2.99. The van der Waals surface area contributed by atoms with E-state index in [0.717, 1.165) is 9.13 Å². The van der Waals surface area contributed by atoms with Crippen LogP contribution in [0.1, 0.15) is 12.6 Å². The molecule has 0 bridgehead atoms. The Morgan fingerprint density at radius 1 is 1.54 bits per heavy atom. The minimum atomic E-state index is -1.25. The van der Waals surface area contributed by atoms with Crippen molar-refractivity contribution in [2.24, 2.45) is 5.73 Å². The van der Waals surface area contributed by atoms with E-state index in [9.17, 15) is 19.5 Å². The van der Waals surface area contributed by atoms with Crippen molar-refractivity contribution in [3.63, 3.8) is 0 Å². The number of rotatable bonds is 3. The van der Waals surface area contributed by atoms with Crippen LogP contribution in [-0.4, -0.2) is 42.3 Å². The Labute approximate surface area is 133 Å². The number of aliphatic hydroxyl groups is 1. The molecule has 11 nitrogen and oxygen atoms in total. The summed E-state index contributed by atoms with van der Waals surface area (Å²) in [4.78, 5) is 42.3. The van der Waals surface area contributed by atoms with Crippen molar-refractivity contribution in [1.82, 2.24) is 19.1 Å². The Morgan fingerprint density at radius 2 is 2.25 bits per heavy atom. The highest BCUT2D eigenvalue weighted by Crippen LogP contribution is 2.29. The molecule has 0 spiro atoms. The minimum Gasteiger partial charge on any atom is -0.388 e. The Bertz CT molecular complexity index is 980. The molecule has 1 saturated heterocycles. The number of carbonyl (C=O) groups excluding carboxylic acids is 1. The molecule has 2 aromatic rings. The lowest BCUT2D eigenvalue weighted by Crippen LogP contribution is -2.32. The smallest absolute Gasteiger partial charge is 0.333 e. The summed E-state index contributed by atoms with van der Waals surface area (Å²) in [6, 6.07) is 0.